The van der Waals surface area contributed by atoms with Crippen LogP contribution in [-0.4, -0.2) is 20.5 Å². The number of unbranched alkanes of at least 4 members (excludes halogenated alkanes) is 2. The van der Waals surface area contributed by atoms with Gasteiger partial charge in [0.05, 0.1) is 6.61 Å². The topological polar surface area (TPSA) is 66.8 Å². The first-order chi connectivity index (χ1) is 8.09. The molecule has 0 aliphatic carbocycles. The van der Waals surface area contributed by atoms with Crippen molar-refractivity contribution in [2.75, 3.05) is 6.61 Å². The molecule has 0 aliphatic rings. The van der Waals surface area contributed by atoms with Crippen molar-refractivity contribution in [2.45, 2.75) is 32.6 Å². The van der Waals surface area contributed by atoms with Gasteiger partial charge in [-0.05, 0) is 37.8 Å². The second-order valence-electron chi connectivity index (χ2n) is 3.98. The van der Waals surface area contributed by atoms with Gasteiger partial charge in [-0.1, -0.05) is 24.1 Å². The summed E-state index contributed by atoms with van der Waals surface area (Å²) < 4.78 is 23.1. The molecule has 2 N–H and O–H groups in total. The summed E-state index contributed by atoms with van der Waals surface area (Å²) in [6.07, 6.45) is 3.40. The first kappa shape index (κ1) is 14.2. The van der Waals surface area contributed by atoms with E-state index >= 15 is 0 Å². The van der Waals surface area contributed by atoms with Gasteiger partial charge in [-0.15, -0.1) is 0 Å². The first-order valence-electron chi connectivity index (χ1n) is 5.62. The van der Waals surface area contributed by atoms with Crippen LogP contribution in [0.2, 0.25) is 0 Å². The predicted molar refractivity (Wildman–Crippen MR) is 67.1 cm³/mol. The highest BCUT2D eigenvalue weighted by atomic mass is 32.2. The van der Waals surface area contributed by atoms with Gasteiger partial charge in [0.25, 0.3) is 0 Å². The van der Waals surface area contributed by atoms with Crippen molar-refractivity contribution in [3.8, 4) is 5.75 Å². The van der Waals surface area contributed by atoms with Crippen LogP contribution in [0.15, 0.2) is 18.2 Å². The van der Waals surface area contributed by atoms with Crippen LogP contribution in [0, 0.1) is 6.92 Å². The lowest BCUT2D eigenvalue weighted by Gasteiger charge is -2.05. The molecule has 0 saturated carbocycles. The third-order valence-corrected chi connectivity index (χ3v) is 2.88. The molecule has 0 spiro atoms. The molecule has 1 rings (SSSR count). The zero-order valence-corrected chi connectivity index (χ0v) is 10.7. The molecule has 1 aromatic rings. The highest BCUT2D eigenvalue weighted by Crippen LogP contribution is 2.20. The van der Waals surface area contributed by atoms with Gasteiger partial charge in [-0.25, -0.2) is 0 Å². The summed E-state index contributed by atoms with van der Waals surface area (Å²) >= 11 is -2.15. The van der Waals surface area contributed by atoms with E-state index in [4.69, 9.17) is 4.55 Å². The van der Waals surface area contributed by atoms with Crippen molar-refractivity contribution in [1.29, 1.82) is 0 Å². The van der Waals surface area contributed by atoms with E-state index in [1.54, 1.807) is 6.07 Å². The number of hydrogen-bond acceptors (Lipinski definition) is 3. The lowest BCUT2D eigenvalue weighted by Crippen LogP contribution is -1.97. The fraction of sp³-hybridized carbons (Fsp3) is 0.500. The molecule has 0 heterocycles. The summed E-state index contributed by atoms with van der Waals surface area (Å²) in [5, 5.41) is 9.61. The van der Waals surface area contributed by atoms with E-state index < -0.39 is 11.4 Å². The van der Waals surface area contributed by atoms with Gasteiger partial charge < -0.3 is 5.11 Å². The summed E-state index contributed by atoms with van der Waals surface area (Å²) in [4.78, 5) is 0. The van der Waals surface area contributed by atoms with Crippen LogP contribution in [0.25, 0.3) is 0 Å². The van der Waals surface area contributed by atoms with E-state index in [0.717, 1.165) is 36.8 Å². The van der Waals surface area contributed by atoms with Crippen LogP contribution in [0.1, 0.15) is 30.4 Å². The van der Waals surface area contributed by atoms with E-state index in [0.29, 0.717) is 12.4 Å². The third kappa shape index (κ3) is 5.81. The lowest BCUT2D eigenvalue weighted by atomic mass is 10.0. The number of aromatic hydroxyl groups is 1. The second kappa shape index (κ2) is 7.42. The molecule has 4 nitrogen and oxygen atoms in total. The lowest BCUT2D eigenvalue weighted by molar-refractivity contribution is 0.297. The SMILES string of the molecule is Cc1ccc(O)c(CCCCCOS(=O)O)c1. The van der Waals surface area contributed by atoms with Crippen LogP contribution in [0.5, 0.6) is 5.75 Å². The Kier molecular flexibility index (Phi) is 6.18. The van der Waals surface area contributed by atoms with Gasteiger partial charge in [0, 0.05) is 0 Å². The van der Waals surface area contributed by atoms with E-state index in [-0.39, 0.29) is 0 Å². The smallest absolute Gasteiger partial charge is 0.301 e. The van der Waals surface area contributed by atoms with E-state index in [1.807, 2.05) is 19.1 Å². The van der Waals surface area contributed by atoms with Gasteiger partial charge >= 0.3 is 11.4 Å². The molecular weight excluding hydrogens is 240 g/mol. The number of hydrogen-bond donors (Lipinski definition) is 2. The second-order valence-corrected chi connectivity index (χ2v) is 4.65. The summed E-state index contributed by atoms with van der Waals surface area (Å²) in [6, 6.07) is 5.57. The molecule has 5 heteroatoms. The molecule has 0 bridgehead atoms. The molecule has 96 valence electrons. The maximum absolute atomic E-state index is 10.2. The van der Waals surface area contributed by atoms with Crippen molar-refractivity contribution in [3.05, 3.63) is 29.3 Å². The summed E-state index contributed by atoms with van der Waals surface area (Å²) in [7, 11) is 0. The van der Waals surface area contributed by atoms with Gasteiger partial charge in [-0.3, -0.25) is 8.74 Å². The molecule has 0 radical (unpaired) electrons. The van der Waals surface area contributed by atoms with Gasteiger partial charge in [-0.2, -0.15) is 4.21 Å². The third-order valence-electron chi connectivity index (χ3n) is 2.51. The molecule has 1 atom stereocenters. The molecule has 0 amide bonds. The van der Waals surface area contributed by atoms with Crippen molar-refractivity contribution < 1.29 is 18.1 Å². The van der Waals surface area contributed by atoms with Crippen LogP contribution in [-0.2, 0) is 22.0 Å². The van der Waals surface area contributed by atoms with E-state index in [9.17, 15) is 9.32 Å². The van der Waals surface area contributed by atoms with Gasteiger partial charge in [0.1, 0.15) is 5.75 Å². The average Bonchev–Trinajstić information content (AvgIpc) is 2.27. The molecule has 0 fully saturated rings. The minimum atomic E-state index is -2.15. The number of phenols is 1. The van der Waals surface area contributed by atoms with Crippen LogP contribution in [0.4, 0.5) is 0 Å². The average molecular weight is 258 g/mol. The quantitative estimate of drug-likeness (QED) is 0.582. The number of benzene rings is 1. The molecule has 0 saturated heterocycles. The monoisotopic (exact) mass is 258 g/mol. The summed E-state index contributed by atoms with van der Waals surface area (Å²) in [5.41, 5.74) is 2.09. The largest absolute Gasteiger partial charge is 0.508 e. The number of rotatable bonds is 7. The Balaban J connectivity index is 2.22. The molecule has 1 unspecified atom stereocenters. The number of phenolic OH excluding ortho intramolecular Hbond substituents is 1. The van der Waals surface area contributed by atoms with Crippen molar-refractivity contribution in [1.82, 2.24) is 0 Å². The Labute approximate surface area is 104 Å². The van der Waals surface area contributed by atoms with Crippen molar-refractivity contribution in [3.63, 3.8) is 0 Å². The Bertz CT molecular complexity index is 379. The Morgan fingerprint density at radius 3 is 2.76 bits per heavy atom. The maximum Gasteiger partial charge on any atom is 0.301 e. The zero-order chi connectivity index (χ0) is 12.7. The fourth-order valence-corrected chi connectivity index (χ4v) is 1.90. The van der Waals surface area contributed by atoms with Gasteiger partial charge in [0.15, 0.2) is 0 Å². The Morgan fingerprint density at radius 1 is 1.29 bits per heavy atom. The minimum Gasteiger partial charge on any atom is -0.508 e. The minimum absolute atomic E-state index is 0.295. The molecule has 17 heavy (non-hydrogen) atoms. The Morgan fingerprint density at radius 2 is 2.06 bits per heavy atom. The van der Waals surface area contributed by atoms with Crippen LogP contribution < -0.4 is 0 Å². The molecule has 1 aromatic carbocycles. The Hall–Kier alpha value is -0.910. The van der Waals surface area contributed by atoms with Crippen molar-refractivity contribution >= 4 is 11.4 Å². The zero-order valence-electron chi connectivity index (χ0n) is 9.89. The fourth-order valence-electron chi connectivity index (χ4n) is 1.64. The standard InChI is InChI=1S/C12H18O4S/c1-10-6-7-12(13)11(9-10)5-3-2-4-8-16-17(14)15/h6-7,9,13H,2-5,8H2,1H3,(H,14,15). The highest BCUT2D eigenvalue weighted by molar-refractivity contribution is 7.74. The highest BCUT2D eigenvalue weighted by Gasteiger charge is 2.01. The van der Waals surface area contributed by atoms with E-state index in [2.05, 4.69) is 4.18 Å². The molecule has 0 aromatic heterocycles. The molecule has 0 aliphatic heterocycles. The normalized spacial score (nSPS) is 12.6. The summed E-state index contributed by atoms with van der Waals surface area (Å²) in [6.45, 7) is 2.29. The summed E-state index contributed by atoms with van der Waals surface area (Å²) in [5.74, 6) is 0.336. The molecular formula is C12H18O4S. The first-order valence-corrected chi connectivity index (χ1v) is 6.65. The van der Waals surface area contributed by atoms with Crippen LogP contribution in [0.3, 0.4) is 0 Å². The van der Waals surface area contributed by atoms with Crippen molar-refractivity contribution in [2.24, 2.45) is 0 Å². The number of aryl methyl sites for hydroxylation is 2. The van der Waals surface area contributed by atoms with Crippen LogP contribution >= 0.6 is 0 Å². The maximum atomic E-state index is 10.2. The van der Waals surface area contributed by atoms with Gasteiger partial charge in [0.2, 0.25) is 0 Å². The predicted octanol–water partition coefficient (Wildman–Crippen LogP) is 2.57. The van der Waals surface area contributed by atoms with E-state index in [1.165, 1.54) is 0 Å².